The first kappa shape index (κ1) is 16.5. The van der Waals surface area contributed by atoms with Crippen LogP contribution < -0.4 is 5.32 Å². The number of amides is 2. The van der Waals surface area contributed by atoms with Gasteiger partial charge in [0.05, 0.1) is 6.54 Å². The van der Waals surface area contributed by atoms with Crippen molar-refractivity contribution in [3.63, 3.8) is 0 Å². The van der Waals surface area contributed by atoms with Crippen LogP contribution in [0, 0.1) is 6.92 Å². The lowest BCUT2D eigenvalue weighted by molar-refractivity contribution is -0.133. The van der Waals surface area contributed by atoms with Gasteiger partial charge in [-0.2, -0.15) is 0 Å². The third-order valence-electron chi connectivity index (χ3n) is 4.19. The Morgan fingerprint density at radius 3 is 2.91 bits per heavy atom. The molecule has 120 valence electrons. The van der Waals surface area contributed by atoms with Gasteiger partial charge in [0.2, 0.25) is 11.8 Å². The van der Waals surface area contributed by atoms with E-state index in [2.05, 4.69) is 11.4 Å². The van der Waals surface area contributed by atoms with Crippen LogP contribution in [0.3, 0.4) is 0 Å². The molecule has 1 heterocycles. The largest absolute Gasteiger partial charge is 0.351 e. The van der Waals surface area contributed by atoms with Crippen LogP contribution in [0.25, 0.3) is 0 Å². The Balaban J connectivity index is 1.78. The number of likely N-dealkylation sites (tertiary alicyclic amines) is 1. The zero-order valence-corrected chi connectivity index (χ0v) is 13.6. The van der Waals surface area contributed by atoms with Crippen LogP contribution in [-0.2, 0) is 16.1 Å². The lowest BCUT2D eigenvalue weighted by Crippen LogP contribution is -2.49. The minimum absolute atomic E-state index is 0.0172. The normalized spacial score (nSPS) is 18.6. The standard InChI is InChI=1S/C17H25N3O2/c1-13-5-4-6-14(9-13)10-18-16(21)12-19(2)15-7-8-17(22)20(3)11-15/h4-6,9,15H,7-8,10-12H2,1-3H3,(H,18,21)/t15-/m0/s1. The molecule has 1 aromatic rings. The third-order valence-corrected chi connectivity index (χ3v) is 4.19. The van der Waals surface area contributed by atoms with Gasteiger partial charge in [-0.3, -0.25) is 14.5 Å². The summed E-state index contributed by atoms with van der Waals surface area (Å²) in [4.78, 5) is 27.3. The summed E-state index contributed by atoms with van der Waals surface area (Å²) >= 11 is 0. The van der Waals surface area contributed by atoms with Crippen molar-refractivity contribution >= 4 is 11.8 Å². The van der Waals surface area contributed by atoms with Gasteiger partial charge in [-0.05, 0) is 26.0 Å². The predicted octanol–water partition coefficient (Wildman–Crippen LogP) is 1.16. The molecule has 0 radical (unpaired) electrons. The second-order valence-corrected chi connectivity index (χ2v) is 6.15. The first-order valence-corrected chi connectivity index (χ1v) is 7.72. The van der Waals surface area contributed by atoms with Gasteiger partial charge >= 0.3 is 0 Å². The molecule has 2 rings (SSSR count). The molecule has 1 fully saturated rings. The number of piperidine rings is 1. The van der Waals surface area contributed by atoms with Crippen molar-refractivity contribution in [2.75, 3.05) is 27.2 Å². The van der Waals surface area contributed by atoms with E-state index in [1.807, 2.05) is 44.1 Å². The average Bonchev–Trinajstić information content (AvgIpc) is 2.48. The van der Waals surface area contributed by atoms with E-state index < -0.39 is 0 Å². The van der Waals surface area contributed by atoms with E-state index in [-0.39, 0.29) is 17.9 Å². The molecular weight excluding hydrogens is 278 g/mol. The molecule has 1 saturated heterocycles. The van der Waals surface area contributed by atoms with Gasteiger partial charge in [0, 0.05) is 32.6 Å². The van der Waals surface area contributed by atoms with E-state index in [0.29, 0.717) is 26.1 Å². The van der Waals surface area contributed by atoms with Gasteiger partial charge in [0.15, 0.2) is 0 Å². The van der Waals surface area contributed by atoms with E-state index in [0.717, 1.165) is 12.0 Å². The van der Waals surface area contributed by atoms with Crippen LogP contribution in [0.15, 0.2) is 24.3 Å². The number of rotatable bonds is 5. The maximum atomic E-state index is 12.1. The number of nitrogens with zero attached hydrogens (tertiary/aromatic N) is 2. The van der Waals surface area contributed by atoms with E-state index in [4.69, 9.17) is 0 Å². The van der Waals surface area contributed by atoms with Crippen LogP contribution in [0.1, 0.15) is 24.0 Å². The fraction of sp³-hybridized carbons (Fsp3) is 0.529. The van der Waals surface area contributed by atoms with Gasteiger partial charge in [-0.1, -0.05) is 29.8 Å². The predicted molar refractivity (Wildman–Crippen MR) is 86.3 cm³/mol. The van der Waals surface area contributed by atoms with E-state index >= 15 is 0 Å². The first-order valence-electron chi connectivity index (χ1n) is 7.72. The molecule has 5 nitrogen and oxygen atoms in total. The molecule has 1 aromatic carbocycles. The Hall–Kier alpha value is -1.88. The highest BCUT2D eigenvalue weighted by Crippen LogP contribution is 2.14. The van der Waals surface area contributed by atoms with Crippen LogP contribution >= 0.6 is 0 Å². The van der Waals surface area contributed by atoms with Crippen molar-refractivity contribution in [2.24, 2.45) is 0 Å². The lowest BCUT2D eigenvalue weighted by Gasteiger charge is -2.35. The Morgan fingerprint density at radius 1 is 1.45 bits per heavy atom. The number of carbonyl (C=O) groups is 2. The zero-order valence-electron chi connectivity index (χ0n) is 13.6. The Kier molecular flexibility index (Phi) is 5.55. The van der Waals surface area contributed by atoms with Gasteiger partial charge in [0.1, 0.15) is 0 Å². The number of hydrogen-bond acceptors (Lipinski definition) is 3. The molecule has 0 saturated carbocycles. The van der Waals surface area contributed by atoms with Crippen LogP contribution in [0.5, 0.6) is 0 Å². The molecule has 0 unspecified atom stereocenters. The Labute approximate surface area is 132 Å². The Morgan fingerprint density at radius 2 is 2.23 bits per heavy atom. The summed E-state index contributed by atoms with van der Waals surface area (Å²) in [5, 5.41) is 2.96. The maximum absolute atomic E-state index is 12.1. The van der Waals surface area contributed by atoms with Crippen molar-refractivity contribution in [1.29, 1.82) is 0 Å². The zero-order chi connectivity index (χ0) is 16.1. The van der Waals surface area contributed by atoms with Gasteiger partial charge < -0.3 is 10.2 Å². The second-order valence-electron chi connectivity index (χ2n) is 6.15. The number of aryl methyl sites for hydroxylation is 1. The summed E-state index contributed by atoms with van der Waals surface area (Å²) in [6.45, 7) is 3.65. The lowest BCUT2D eigenvalue weighted by atomic mass is 10.0. The smallest absolute Gasteiger partial charge is 0.234 e. The molecule has 0 spiro atoms. The minimum Gasteiger partial charge on any atom is -0.351 e. The number of benzene rings is 1. The van der Waals surface area contributed by atoms with Crippen LogP contribution in [0.4, 0.5) is 0 Å². The van der Waals surface area contributed by atoms with Gasteiger partial charge in [-0.15, -0.1) is 0 Å². The average molecular weight is 303 g/mol. The molecule has 22 heavy (non-hydrogen) atoms. The number of nitrogens with one attached hydrogen (secondary N) is 1. The fourth-order valence-electron chi connectivity index (χ4n) is 2.78. The number of likely N-dealkylation sites (N-methyl/N-ethyl adjacent to an activating group) is 2. The summed E-state index contributed by atoms with van der Waals surface area (Å²) in [5.74, 6) is 0.206. The van der Waals surface area contributed by atoms with E-state index in [1.54, 1.807) is 4.90 Å². The quantitative estimate of drug-likeness (QED) is 0.888. The van der Waals surface area contributed by atoms with Crippen molar-refractivity contribution in [3.8, 4) is 0 Å². The summed E-state index contributed by atoms with van der Waals surface area (Å²) in [7, 11) is 3.76. The minimum atomic E-state index is 0.0172. The molecule has 0 aromatic heterocycles. The van der Waals surface area contributed by atoms with Crippen molar-refractivity contribution < 1.29 is 9.59 Å². The molecule has 1 aliphatic heterocycles. The Bertz CT molecular complexity index is 544. The van der Waals surface area contributed by atoms with Gasteiger partial charge in [-0.25, -0.2) is 0 Å². The summed E-state index contributed by atoms with van der Waals surface area (Å²) in [5.41, 5.74) is 2.30. The fourth-order valence-corrected chi connectivity index (χ4v) is 2.78. The summed E-state index contributed by atoms with van der Waals surface area (Å²) < 4.78 is 0. The molecule has 0 aliphatic carbocycles. The third kappa shape index (κ3) is 4.56. The molecule has 1 aliphatic rings. The van der Waals surface area contributed by atoms with Gasteiger partial charge in [0.25, 0.3) is 0 Å². The SMILES string of the molecule is Cc1cccc(CNC(=O)CN(C)[C@H]2CCC(=O)N(C)C2)c1. The topological polar surface area (TPSA) is 52.7 Å². The van der Waals surface area contributed by atoms with Crippen molar-refractivity contribution in [1.82, 2.24) is 15.1 Å². The summed E-state index contributed by atoms with van der Waals surface area (Å²) in [6.07, 6.45) is 1.39. The van der Waals surface area contributed by atoms with Crippen LogP contribution in [0.2, 0.25) is 0 Å². The monoisotopic (exact) mass is 303 g/mol. The van der Waals surface area contributed by atoms with Crippen LogP contribution in [-0.4, -0.2) is 54.8 Å². The summed E-state index contributed by atoms with van der Waals surface area (Å²) in [6, 6.07) is 8.38. The highest BCUT2D eigenvalue weighted by atomic mass is 16.2. The molecule has 1 N–H and O–H groups in total. The molecular formula is C17H25N3O2. The van der Waals surface area contributed by atoms with Crippen molar-refractivity contribution in [2.45, 2.75) is 32.4 Å². The van der Waals surface area contributed by atoms with E-state index in [9.17, 15) is 9.59 Å². The highest BCUT2D eigenvalue weighted by Gasteiger charge is 2.26. The van der Waals surface area contributed by atoms with E-state index in [1.165, 1.54) is 5.56 Å². The molecule has 1 atom stereocenters. The number of hydrogen-bond donors (Lipinski definition) is 1. The highest BCUT2D eigenvalue weighted by molar-refractivity contribution is 5.78. The molecule has 5 heteroatoms. The molecule has 0 bridgehead atoms. The first-order chi connectivity index (χ1) is 10.5. The molecule has 2 amide bonds. The second kappa shape index (κ2) is 7.40. The number of carbonyl (C=O) groups excluding carboxylic acids is 2. The van der Waals surface area contributed by atoms with Crippen molar-refractivity contribution in [3.05, 3.63) is 35.4 Å². The maximum Gasteiger partial charge on any atom is 0.234 e.